The summed E-state index contributed by atoms with van der Waals surface area (Å²) in [5, 5.41) is 0. The van der Waals surface area contributed by atoms with Crippen molar-refractivity contribution in [1.29, 1.82) is 0 Å². The minimum Gasteiger partial charge on any atom is -0.323 e. The topological polar surface area (TPSA) is 66.1 Å². The minimum atomic E-state index is -0.371. The van der Waals surface area contributed by atoms with Gasteiger partial charge in [0.25, 0.3) is 11.8 Å². The van der Waals surface area contributed by atoms with Crippen LogP contribution in [0.25, 0.3) is 11.0 Å². The Morgan fingerprint density at radius 2 is 1.75 bits per heavy atom. The summed E-state index contributed by atoms with van der Waals surface area (Å²) in [6.45, 7) is 0. The molecule has 1 aliphatic heterocycles. The molecule has 0 fully saturated rings. The van der Waals surface area contributed by atoms with Gasteiger partial charge < -0.3 is 4.98 Å². The molecule has 0 saturated carbocycles. The number of carbonyl (C=O) groups is 2. The molecule has 0 bridgehead atoms. The number of para-hydroxylation sites is 2. The lowest BCUT2D eigenvalue weighted by Gasteiger charge is -2.08. The summed E-state index contributed by atoms with van der Waals surface area (Å²) < 4.78 is 0. The third-order valence-electron chi connectivity index (χ3n) is 2.40. The van der Waals surface area contributed by atoms with E-state index in [9.17, 15) is 9.59 Å². The van der Waals surface area contributed by atoms with Gasteiger partial charge in [-0.3, -0.25) is 9.59 Å². The summed E-state index contributed by atoms with van der Waals surface area (Å²) in [6.07, 6.45) is 2.46. The van der Waals surface area contributed by atoms with Crippen LogP contribution < -0.4 is 4.90 Å². The number of carbonyl (C=O) groups excluding carboxylic acids is 2. The van der Waals surface area contributed by atoms with E-state index in [0.29, 0.717) is 0 Å². The Labute approximate surface area is 90.4 Å². The molecule has 2 aromatic rings. The van der Waals surface area contributed by atoms with E-state index in [1.165, 1.54) is 12.2 Å². The second kappa shape index (κ2) is 3.03. The number of imidazole rings is 1. The number of hydrogen-bond donors (Lipinski definition) is 1. The van der Waals surface area contributed by atoms with E-state index in [1.54, 1.807) is 0 Å². The third-order valence-corrected chi connectivity index (χ3v) is 2.40. The zero-order valence-electron chi connectivity index (χ0n) is 8.18. The van der Waals surface area contributed by atoms with Gasteiger partial charge in [0, 0.05) is 12.2 Å². The molecule has 3 rings (SSSR count). The number of aromatic amines is 1. The Balaban J connectivity index is 2.13. The highest BCUT2D eigenvalue weighted by atomic mass is 16.2. The molecule has 78 valence electrons. The fourth-order valence-electron chi connectivity index (χ4n) is 1.65. The monoisotopic (exact) mass is 213 g/mol. The van der Waals surface area contributed by atoms with Gasteiger partial charge in [-0.25, -0.2) is 9.88 Å². The van der Waals surface area contributed by atoms with Crippen LogP contribution in [-0.2, 0) is 9.59 Å². The molecule has 1 aromatic carbocycles. The lowest BCUT2D eigenvalue weighted by molar-refractivity contribution is -0.120. The van der Waals surface area contributed by atoms with Crippen LogP contribution in [-0.4, -0.2) is 21.8 Å². The number of H-pyrrole nitrogens is 1. The van der Waals surface area contributed by atoms with Crippen molar-refractivity contribution < 1.29 is 9.59 Å². The Morgan fingerprint density at radius 3 is 2.44 bits per heavy atom. The van der Waals surface area contributed by atoms with Gasteiger partial charge in [0.1, 0.15) is 0 Å². The average molecular weight is 213 g/mol. The molecule has 5 nitrogen and oxygen atoms in total. The number of aromatic nitrogens is 2. The maximum absolute atomic E-state index is 11.4. The first-order chi connectivity index (χ1) is 7.75. The molecular weight excluding hydrogens is 206 g/mol. The maximum Gasteiger partial charge on any atom is 0.260 e. The van der Waals surface area contributed by atoms with Crippen molar-refractivity contribution in [1.82, 2.24) is 9.97 Å². The Bertz CT molecular complexity index is 576. The van der Waals surface area contributed by atoms with Crippen molar-refractivity contribution in [3.63, 3.8) is 0 Å². The maximum atomic E-state index is 11.4. The van der Waals surface area contributed by atoms with Crippen LogP contribution in [0.5, 0.6) is 0 Å². The summed E-state index contributed by atoms with van der Waals surface area (Å²) in [6, 6.07) is 7.35. The summed E-state index contributed by atoms with van der Waals surface area (Å²) in [7, 11) is 0. The number of amides is 2. The molecule has 2 amide bonds. The van der Waals surface area contributed by atoms with E-state index in [4.69, 9.17) is 0 Å². The Morgan fingerprint density at radius 1 is 1.06 bits per heavy atom. The molecule has 1 aromatic heterocycles. The number of nitrogens with one attached hydrogen (secondary N) is 1. The van der Waals surface area contributed by atoms with Crippen molar-refractivity contribution in [2.75, 3.05) is 4.90 Å². The molecule has 0 unspecified atom stereocenters. The molecule has 5 heteroatoms. The molecular formula is C11H7N3O2. The van der Waals surface area contributed by atoms with E-state index >= 15 is 0 Å². The molecule has 2 heterocycles. The highest BCUT2D eigenvalue weighted by Gasteiger charge is 2.27. The van der Waals surface area contributed by atoms with Crippen LogP contribution in [0.1, 0.15) is 0 Å². The number of rotatable bonds is 1. The van der Waals surface area contributed by atoms with E-state index in [1.807, 2.05) is 24.3 Å². The highest BCUT2D eigenvalue weighted by molar-refractivity contribution is 6.27. The molecule has 0 saturated heterocycles. The lowest BCUT2D eigenvalue weighted by atomic mass is 10.3. The molecule has 0 radical (unpaired) electrons. The summed E-state index contributed by atoms with van der Waals surface area (Å²) in [5.74, 6) is -0.477. The zero-order valence-corrected chi connectivity index (χ0v) is 8.18. The predicted molar refractivity (Wildman–Crippen MR) is 57.7 cm³/mol. The van der Waals surface area contributed by atoms with Gasteiger partial charge in [-0.05, 0) is 12.1 Å². The van der Waals surface area contributed by atoms with Gasteiger partial charge in [0.05, 0.1) is 11.0 Å². The molecule has 1 aliphatic rings. The van der Waals surface area contributed by atoms with Crippen molar-refractivity contribution in [2.45, 2.75) is 0 Å². The smallest absolute Gasteiger partial charge is 0.260 e. The van der Waals surface area contributed by atoms with Crippen LogP contribution in [0.3, 0.4) is 0 Å². The lowest BCUT2D eigenvalue weighted by Crippen LogP contribution is -2.30. The van der Waals surface area contributed by atoms with Gasteiger partial charge >= 0.3 is 0 Å². The minimum absolute atomic E-state index is 0.265. The van der Waals surface area contributed by atoms with Crippen molar-refractivity contribution >= 4 is 28.8 Å². The van der Waals surface area contributed by atoms with E-state index < -0.39 is 0 Å². The van der Waals surface area contributed by atoms with E-state index in [0.717, 1.165) is 15.9 Å². The summed E-state index contributed by atoms with van der Waals surface area (Å²) in [5.41, 5.74) is 1.52. The summed E-state index contributed by atoms with van der Waals surface area (Å²) in [4.78, 5) is 31.0. The Hall–Kier alpha value is -2.43. The van der Waals surface area contributed by atoms with E-state index in [-0.39, 0.29) is 17.8 Å². The van der Waals surface area contributed by atoms with Gasteiger partial charge in [-0.1, -0.05) is 12.1 Å². The Kier molecular flexibility index (Phi) is 1.67. The van der Waals surface area contributed by atoms with Crippen LogP contribution in [0.4, 0.5) is 5.95 Å². The summed E-state index contributed by atoms with van der Waals surface area (Å²) >= 11 is 0. The van der Waals surface area contributed by atoms with Crippen LogP contribution in [0.15, 0.2) is 36.4 Å². The number of hydrogen-bond acceptors (Lipinski definition) is 3. The quantitative estimate of drug-likeness (QED) is 0.718. The normalized spacial score (nSPS) is 15.4. The molecule has 16 heavy (non-hydrogen) atoms. The van der Waals surface area contributed by atoms with Gasteiger partial charge in [-0.15, -0.1) is 0 Å². The first-order valence-electron chi connectivity index (χ1n) is 4.76. The van der Waals surface area contributed by atoms with Crippen LogP contribution >= 0.6 is 0 Å². The number of imide groups is 1. The second-order valence-electron chi connectivity index (χ2n) is 3.42. The van der Waals surface area contributed by atoms with Crippen molar-refractivity contribution in [3.05, 3.63) is 36.4 Å². The molecule has 0 aliphatic carbocycles. The number of anilines is 1. The predicted octanol–water partition coefficient (Wildman–Crippen LogP) is 0.992. The van der Waals surface area contributed by atoms with Crippen molar-refractivity contribution in [2.24, 2.45) is 0 Å². The van der Waals surface area contributed by atoms with Gasteiger partial charge in [-0.2, -0.15) is 0 Å². The third kappa shape index (κ3) is 1.15. The fourth-order valence-corrected chi connectivity index (χ4v) is 1.65. The zero-order chi connectivity index (χ0) is 11.1. The van der Waals surface area contributed by atoms with Crippen LogP contribution in [0.2, 0.25) is 0 Å². The number of benzene rings is 1. The SMILES string of the molecule is O=C1C=CC(=O)N1c1nc2ccccc2[nH]1. The van der Waals surface area contributed by atoms with Gasteiger partial charge in [0.2, 0.25) is 5.95 Å². The second-order valence-corrected chi connectivity index (χ2v) is 3.42. The van der Waals surface area contributed by atoms with Crippen LogP contribution in [0, 0.1) is 0 Å². The standard InChI is InChI=1S/C11H7N3O2/c15-9-5-6-10(16)14(9)11-12-7-3-1-2-4-8(7)13-11/h1-6H,(H,12,13). The highest BCUT2D eigenvalue weighted by Crippen LogP contribution is 2.19. The molecule has 0 spiro atoms. The largest absolute Gasteiger partial charge is 0.323 e. The van der Waals surface area contributed by atoms with Gasteiger partial charge in [0.15, 0.2) is 0 Å². The average Bonchev–Trinajstić information content (AvgIpc) is 2.82. The number of fused-ring (bicyclic) bond motifs is 1. The fraction of sp³-hybridized carbons (Fsp3) is 0. The first-order valence-corrected chi connectivity index (χ1v) is 4.76. The van der Waals surface area contributed by atoms with Crippen molar-refractivity contribution in [3.8, 4) is 0 Å². The number of nitrogens with zero attached hydrogens (tertiary/aromatic N) is 2. The molecule has 1 N–H and O–H groups in total. The molecule has 0 atom stereocenters. The first kappa shape index (κ1) is 8.84. The van der Waals surface area contributed by atoms with E-state index in [2.05, 4.69) is 9.97 Å².